The average molecular weight is 444 g/mol. The van der Waals surface area contributed by atoms with Crippen LogP contribution in [-0.2, 0) is 19.4 Å². The lowest BCUT2D eigenvalue weighted by atomic mass is 9.92. The first-order valence-corrected chi connectivity index (χ1v) is 10.8. The van der Waals surface area contributed by atoms with Gasteiger partial charge in [-0.15, -0.1) is 5.10 Å². The Morgan fingerprint density at radius 1 is 1.31 bits per heavy atom. The van der Waals surface area contributed by atoms with Crippen molar-refractivity contribution in [1.29, 1.82) is 0 Å². The zero-order valence-corrected chi connectivity index (χ0v) is 18.8. The van der Waals surface area contributed by atoms with E-state index in [-0.39, 0.29) is 31.0 Å². The standard InChI is InChI=1S/C23H29N3O6/c1-5-17-13(2)18-8-14-6-7-23(3,4)32-19(14)21(20(18)31-22(17)29)30-12-15-9-26(25-24-15)16(10-27)11-28/h8-9,16,27-28H,5-7,10-12H2,1-4H3. The monoisotopic (exact) mass is 443 g/mol. The number of nitrogens with zero attached hydrogens (tertiary/aromatic N) is 3. The SMILES string of the molecule is CCc1c(C)c2cc3c(c(OCc4cn(C(CO)CO)nn4)c2oc1=O)OC(C)(C)CC3. The molecule has 1 aliphatic heterocycles. The zero-order valence-electron chi connectivity index (χ0n) is 18.8. The minimum atomic E-state index is -0.571. The summed E-state index contributed by atoms with van der Waals surface area (Å²) in [6.45, 7) is 7.42. The summed E-state index contributed by atoms with van der Waals surface area (Å²) in [5, 5.41) is 27.6. The molecule has 0 aliphatic carbocycles. The summed E-state index contributed by atoms with van der Waals surface area (Å²) in [7, 11) is 0. The predicted molar refractivity (Wildman–Crippen MR) is 117 cm³/mol. The topological polar surface area (TPSA) is 120 Å². The van der Waals surface area contributed by atoms with E-state index in [0.29, 0.717) is 34.8 Å². The summed E-state index contributed by atoms with van der Waals surface area (Å²) < 4.78 is 19.5. The van der Waals surface area contributed by atoms with Crippen LogP contribution in [0.15, 0.2) is 21.5 Å². The second-order valence-electron chi connectivity index (χ2n) is 8.78. The van der Waals surface area contributed by atoms with E-state index in [1.54, 1.807) is 6.20 Å². The van der Waals surface area contributed by atoms with Gasteiger partial charge in [0, 0.05) is 10.9 Å². The molecule has 0 spiro atoms. The summed E-state index contributed by atoms with van der Waals surface area (Å²) in [6, 6.07) is 1.46. The molecule has 3 heterocycles. The number of hydrogen-bond donors (Lipinski definition) is 2. The van der Waals surface area contributed by atoms with Crippen LogP contribution >= 0.6 is 0 Å². The van der Waals surface area contributed by atoms with Crippen molar-refractivity contribution >= 4 is 11.0 Å². The molecule has 0 bridgehead atoms. The summed E-state index contributed by atoms with van der Waals surface area (Å²) >= 11 is 0. The van der Waals surface area contributed by atoms with Crippen LogP contribution in [0.4, 0.5) is 0 Å². The number of ether oxygens (including phenoxy) is 2. The van der Waals surface area contributed by atoms with Crippen LogP contribution in [0.3, 0.4) is 0 Å². The van der Waals surface area contributed by atoms with E-state index in [9.17, 15) is 15.0 Å². The van der Waals surface area contributed by atoms with Crippen LogP contribution in [0.5, 0.6) is 11.5 Å². The highest BCUT2D eigenvalue weighted by Crippen LogP contribution is 2.45. The van der Waals surface area contributed by atoms with Gasteiger partial charge in [0.2, 0.25) is 5.75 Å². The number of aliphatic hydroxyl groups excluding tert-OH is 2. The average Bonchev–Trinajstić information content (AvgIpc) is 3.21. The lowest BCUT2D eigenvalue weighted by Crippen LogP contribution is -2.33. The molecule has 3 aromatic rings. The molecular weight excluding hydrogens is 414 g/mol. The lowest BCUT2D eigenvalue weighted by Gasteiger charge is -2.33. The van der Waals surface area contributed by atoms with Gasteiger partial charge in [-0.05, 0) is 57.2 Å². The maximum atomic E-state index is 12.6. The van der Waals surface area contributed by atoms with Crippen molar-refractivity contribution < 1.29 is 24.1 Å². The van der Waals surface area contributed by atoms with Gasteiger partial charge in [0.1, 0.15) is 17.9 Å². The van der Waals surface area contributed by atoms with Crippen LogP contribution in [-0.4, -0.2) is 44.0 Å². The molecule has 1 aliphatic rings. The van der Waals surface area contributed by atoms with E-state index in [1.165, 1.54) is 4.68 Å². The van der Waals surface area contributed by atoms with Crippen molar-refractivity contribution in [1.82, 2.24) is 15.0 Å². The Morgan fingerprint density at radius 2 is 2.06 bits per heavy atom. The second-order valence-corrected chi connectivity index (χ2v) is 8.78. The third-order valence-corrected chi connectivity index (χ3v) is 6.01. The van der Waals surface area contributed by atoms with Crippen LogP contribution in [0.1, 0.15) is 55.6 Å². The number of rotatable bonds is 7. The summed E-state index contributed by atoms with van der Waals surface area (Å²) in [4.78, 5) is 12.6. The first kappa shape index (κ1) is 22.3. The Bertz CT molecular complexity index is 1190. The Balaban J connectivity index is 1.79. The van der Waals surface area contributed by atoms with E-state index in [1.807, 2.05) is 33.8 Å². The Labute approximate surface area is 185 Å². The van der Waals surface area contributed by atoms with Gasteiger partial charge >= 0.3 is 5.63 Å². The largest absolute Gasteiger partial charge is 0.484 e. The maximum absolute atomic E-state index is 12.6. The third kappa shape index (κ3) is 3.98. The van der Waals surface area contributed by atoms with E-state index >= 15 is 0 Å². The van der Waals surface area contributed by atoms with E-state index in [4.69, 9.17) is 13.9 Å². The molecule has 32 heavy (non-hydrogen) atoms. The van der Waals surface area contributed by atoms with Gasteiger partial charge in [-0.3, -0.25) is 0 Å². The smallest absolute Gasteiger partial charge is 0.339 e. The molecule has 0 radical (unpaired) electrons. The normalized spacial score (nSPS) is 15.1. The van der Waals surface area contributed by atoms with Crippen LogP contribution in [0.25, 0.3) is 11.0 Å². The van der Waals surface area contributed by atoms with Gasteiger partial charge in [-0.25, -0.2) is 9.48 Å². The highest BCUT2D eigenvalue weighted by molar-refractivity contribution is 5.90. The molecule has 0 fully saturated rings. The molecule has 0 atom stereocenters. The fourth-order valence-electron chi connectivity index (χ4n) is 4.06. The molecule has 0 saturated heterocycles. The van der Waals surface area contributed by atoms with Gasteiger partial charge in [0.05, 0.1) is 25.5 Å². The first-order valence-electron chi connectivity index (χ1n) is 10.8. The van der Waals surface area contributed by atoms with Crippen molar-refractivity contribution in [2.45, 2.75) is 65.2 Å². The minimum Gasteiger partial charge on any atom is -0.484 e. The van der Waals surface area contributed by atoms with Gasteiger partial charge in [-0.1, -0.05) is 12.1 Å². The number of hydrogen-bond acceptors (Lipinski definition) is 8. The molecule has 2 N–H and O–H groups in total. The van der Waals surface area contributed by atoms with Crippen LogP contribution < -0.4 is 15.1 Å². The summed E-state index contributed by atoms with van der Waals surface area (Å²) in [5.74, 6) is 0.958. The molecule has 0 unspecified atom stereocenters. The Kier molecular flexibility index (Phi) is 5.96. The molecule has 9 nitrogen and oxygen atoms in total. The molecule has 9 heteroatoms. The van der Waals surface area contributed by atoms with Crippen molar-refractivity contribution in [2.24, 2.45) is 0 Å². The molecule has 0 amide bonds. The number of aliphatic hydroxyl groups is 2. The Hall–Kier alpha value is -2.91. The lowest BCUT2D eigenvalue weighted by molar-refractivity contribution is 0.0787. The van der Waals surface area contributed by atoms with E-state index in [0.717, 1.165) is 29.4 Å². The molecule has 0 saturated carbocycles. The summed E-state index contributed by atoms with van der Waals surface area (Å²) in [6.07, 6.45) is 3.87. The highest BCUT2D eigenvalue weighted by atomic mass is 16.5. The van der Waals surface area contributed by atoms with E-state index < -0.39 is 6.04 Å². The molecular formula is C23H29N3O6. The summed E-state index contributed by atoms with van der Waals surface area (Å²) in [5.41, 5.74) is 2.65. The molecule has 4 rings (SSSR count). The van der Waals surface area contributed by atoms with Gasteiger partial charge in [0.25, 0.3) is 0 Å². The highest BCUT2D eigenvalue weighted by Gasteiger charge is 2.32. The molecule has 1 aromatic carbocycles. The van der Waals surface area contributed by atoms with Crippen molar-refractivity contribution in [3.8, 4) is 11.5 Å². The first-order chi connectivity index (χ1) is 15.3. The van der Waals surface area contributed by atoms with Gasteiger partial charge in [0.15, 0.2) is 11.3 Å². The van der Waals surface area contributed by atoms with Crippen molar-refractivity contribution in [3.05, 3.63) is 45.1 Å². The number of benzene rings is 1. The maximum Gasteiger partial charge on any atom is 0.339 e. The number of aryl methyl sites for hydroxylation is 2. The fourth-order valence-corrected chi connectivity index (χ4v) is 4.06. The predicted octanol–water partition coefficient (Wildman–Crippen LogP) is 2.46. The molecule has 2 aromatic heterocycles. The number of aromatic nitrogens is 3. The second kappa shape index (κ2) is 8.55. The Morgan fingerprint density at radius 3 is 2.75 bits per heavy atom. The van der Waals surface area contributed by atoms with Gasteiger partial charge in [-0.2, -0.15) is 0 Å². The van der Waals surface area contributed by atoms with Gasteiger partial charge < -0.3 is 24.1 Å². The fraction of sp³-hybridized carbons (Fsp3) is 0.522. The van der Waals surface area contributed by atoms with Crippen molar-refractivity contribution in [3.63, 3.8) is 0 Å². The number of fused-ring (bicyclic) bond motifs is 2. The van der Waals surface area contributed by atoms with Crippen LogP contribution in [0.2, 0.25) is 0 Å². The zero-order chi connectivity index (χ0) is 23.0. The van der Waals surface area contributed by atoms with Crippen LogP contribution in [0, 0.1) is 6.92 Å². The third-order valence-electron chi connectivity index (χ3n) is 6.01. The minimum absolute atomic E-state index is 0.0528. The molecule has 172 valence electrons. The quantitative estimate of drug-likeness (QED) is 0.535. The van der Waals surface area contributed by atoms with Crippen molar-refractivity contribution in [2.75, 3.05) is 13.2 Å². The van der Waals surface area contributed by atoms with E-state index in [2.05, 4.69) is 10.3 Å².